The van der Waals surface area contributed by atoms with Gasteiger partial charge in [0.25, 0.3) is 0 Å². The molecular weight excluding hydrogens is 1330 g/mol. The summed E-state index contributed by atoms with van der Waals surface area (Å²) in [6.45, 7) is 13.5. The topological polar surface area (TPSA) is 120 Å². The molecule has 0 N–H and O–H groups in total. The molecule has 0 atom stereocenters. The summed E-state index contributed by atoms with van der Waals surface area (Å²) in [6, 6.07) is 45.4. The monoisotopic (exact) mass is 1460 g/mol. The molecule has 6 aromatic rings. The van der Waals surface area contributed by atoms with Crippen molar-refractivity contribution in [2.45, 2.75) is 350 Å². The van der Waals surface area contributed by atoms with Crippen molar-refractivity contribution in [2.24, 2.45) is 0 Å². The number of benzene rings is 6. The first kappa shape index (κ1) is 90.6. The second kappa shape index (κ2) is 56.8. The van der Waals surface area contributed by atoms with E-state index in [-0.39, 0.29) is 17.1 Å². The van der Waals surface area contributed by atoms with Crippen molar-refractivity contribution < 1.29 is 45.4 Å². The molecule has 0 saturated heterocycles. The number of hydrogen-bond acceptors (Lipinski definition) is 6. The zero-order chi connectivity index (χ0) is 71.3. The smallest absolute Gasteiger partial charge is 0.793 e. The second-order valence-electron chi connectivity index (χ2n) is 28.9. The number of aryl methyl sites for hydroxylation is 6. The van der Waals surface area contributed by atoms with Crippen molar-refractivity contribution in [3.05, 3.63) is 179 Å². The van der Waals surface area contributed by atoms with Crippen LogP contribution in [0.3, 0.4) is 0 Å². The Balaban J connectivity index is 0.000000388. The molecule has 0 spiro atoms. The fourth-order valence-corrected chi connectivity index (χ4v) is 17.5. The van der Waals surface area contributed by atoms with Gasteiger partial charge in [0, 0.05) is 31.8 Å². The molecule has 0 heterocycles. The van der Waals surface area contributed by atoms with Crippen molar-refractivity contribution in [1.29, 1.82) is 0 Å². The predicted octanol–water partition coefficient (Wildman–Crippen LogP) is 23.6. The molecule has 1 radical (unpaired) electrons. The largest absolute Gasteiger partial charge is 3.00 e. The van der Waals surface area contributed by atoms with Crippen LogP contribution in [0.5, 0.6) is 0 Å². The average molecular weight is 1460 g/mol. The van der Waals surface area contributed by atoms with Crippen LogP contribution in [0.2, 0.25) is 0 Å². The van der Waals surface area contributed by atoms with Gasteiger partial charge in [-0.1, -0.05) is 418 Å². The molecule has 557 valence electrons. The molecule has 10 heteroatoms. The van der Waals surface area contributed by atoms with Gasteiger partial charge in [0.1, 0.15) is 0 Å². The molecule has 0 aromatic heterocycles. The maximum Gasteiger partial charge on any atom is 3.00 e. The molecule has 6 rings (SSSR count). The van der Waals surface area contributed by atoms with Crippen LogP contribution in [-0.2, 0) is 69.3 Å². The van der Waals surface area contributed by atoms with E-state index in [4.69, 9.17) is 0 Å². The van der Waals surface area contributed by atoms with Crippen LogP contribution < -0.4 is 46.5 Å². The molecule has 6 nitrogen and oxygen atoms in total. The predicted molar refractivity (Wildman–Crippen MR) is 429 cm³/mol. The Hall–Kier alpha value is -3.59. The maximum atomic E-state index is 13.1. The van der Waals surface area contributed by atoms with Crippen LogP contribution in [0.15, 0.2) is 146 Å². The summed E-state index contributed by atoms with van der Waals surface area (Å²) in [5, 5.41) is 2.53. The minimum Gasteiger partial charge on any atom is -0.793 e. The van der Waals surface area contributed by atoms with E-state index < -0.39 is 22.1 Å². The van der Waals surface area contributed by atoms with Gasteiger partial charge in [-0.2, -0.15) is 0 Å². The summed E-state index contributed by atoms with van der Waals surface area (Å²) < 4.78 is 39.2. The molecule has 0 aliphatic carbocycles. The van der Waals surface area contributed by atoms with Crippen LogP contribution in [0.1, 0.15) is 345 Å². The van der Waals surface area contributed by atoms with Gasteiger partial charge in [0.15, 0.2) is 0 Å². The van der Waals surface area contributed by atoms with E-state index in [9.17, 15) is 28.4 Å². The summed E-state index contributed by atoms with van der Waals surface area (Å²) in [5.41, 5.74) is 7.40. The third-order valence-corrected chi connectivity index (χ3v) is 25.9. The Bertz CT molecular complexity index is 2530. The van der Waals surface area contributed by atoms with Crippen LogP contribution >= 0.6 is 22.1 Å². The number of rotatable bonds is 54. The molecule has 0 aliphatic heterocycles. The molecule has 0 amide bonds. The molecule has 0 bridgehead atoms. The van der Waals surface area contributed by atoms with Gasteiger partial charge in [-0.15, -0.1) is 0 Å². The Morgan fingerprint density at radius 2 is 0.280 bits per heavy atom. The van der Waals surface area contributed by atoms with Gasteiger partial charge in [0.05, 0.1) is 22.1 Å². The number of hydrogen-bond donors (Lipinski definition) is 0. The molecule has 0 saturated carbocycles. The zero-order valence-electron chi connectivity index (χ0n) is 63.9. The summed E-state index contributed by atoms with van der Waals surface area (Å²) in [4.78, 5) is 39.2. The SMILES string of the molecule is CCCCCCCCCc1ccc(P(=O)([O-])c2ccc(CCCCCCCCC)cc2)cc1.CCCCCCCCCc1ccc(P(=O)([O-])c2ccc(CCCCCCCCC)cc2)cc1.CCCCCCCCCc1ccc(P(=O)([O-])c2ccc(CCCCCCCCC)cc2)cc1.[Fe+3]. The Morgan fingerprint density at radius 3 is 0.390 bits per heavy atom. The van der Waals surface area contributed by atoms with Crippen LogP contribution in [0.25, 0.3) is 0 Å². The van der Waals surface area contributed by atoms with Gasteiger partial charge in [-0.05, 0) is 110 Å². The summed E-state index contributed by atoms with van der Waals surface area (Å²) in [5.74, 6) is 0. The first-order valence-electron chi connectivity index (χ1n) is 40.7. The Kier molecular flexibility index (Phi) is 51.4. The fraction of sp³-hybridized carbons (Fsp3) is 0.600. The second-order valence-corrected chi connectivity index (χ2v) is 35.3. The van der Waals surface area contributed by atoms with E-state index in [0.717, 1.165) is 38.5 Å². The van der Waals surface area contributed by atoms with Crippen molar-refractivity contribution >= 4 is 53.9 Å². The van der Waals surface area contributed by atoms with E-state index in [1.54, 1.807) is 72.8 Å². The summed E-state index contributed by atoms with van der Waals surface area (Å²) in [7, 11) is -11.3. The first-order chi connectivity index (χ1) is 48.2. The van der Waals surface area contributed by atoms with Crippen molar-refractivity contribution in [3.8, 4) is 0 Å². The molecule has 100 heavy (non-hydrogen) atoms. The van der Waals surface area contributed by atoms with Gasteiger partial charge < -0.3 is 28.4 Å². The van der Waals surface area contributed by atoms with Crippen molar-refractivity contribution in [1.82, 2.24) is 0 Å². The zero-order valence-corrected chi connectivity index (χ0v) is 67.7. The third-order valence-electron chi connectivity index (χ3n) is 20.1. The third kappa shape index (κ3) is 38.4. The minimum atomic E-state index is -3.78. The molecule has 0 fully saturated rings. The van der Waals surface area contributed by atoms with E-state index in [0.29, 0.717) is 31.8 Å². The van der Waals surface area contributed by atoms with Gasteiger partial charge in [-0.25, -0.2) is 0 Å². The van der Waals surface area contributed by atoms with E-state index in [1.807, 2.05) is 72.8 Å². The number of unbranched alkanes of at least 4 members (excludes halogenated alkanes) is 36. The molecular formula is C90H138FeO6P3. The van der Waals surface area contributed by atoms with E-state index in [2.05, 4.69) is 41.5 Å². The summed E-state index contributed by atoms with van der Waals surface area (Å²) >= 11 is 0. The standard InChI is InChI=1S/3C30H47O2P.Fe/c3*1-3-5-7-9-11-13-15-17-27-19-23-29(24-20-27)33(31,32)30-25-21-28(22-26-30)18-16-14-12-10-8-6-4-2;/h3*19-26H,3-18H2,1-2H3,(H,31,32);/q;;;+3/p-3. The quantitative estimate of drug-likeness (QED) is 0.0213. The van der Waals surface area contributed by atoms with Crippen LogP contribution in [0.4, 0.5) is 0 Å². The van der Waals surface area contributed by atoms with Gasteiger partial charge in [0.2, 0.25) is 0 Å². The minimum absolute atomic E-state index is 0. The Morgan fingerprint density at radius 1 is 0.180 bits per heavy atom. The molecule has 6 aromatic carbocycles. The van der Waals surface area contributed by atoms with E-state index >= 15 is 0 Å². The fourth-order valence-electron chi connectivity index (χ4n) is 13.3. The summed E-state index contributed by atoms with van der Waals surface area (Å²) in [6.07, 6.45) is 60.6. The average Bonchev–Trinajstić information content (AvgIpc) is 0.822. The molecule has 0 aliphatic rings. The Labute approximate surface area is 624 Å². The van der Waals surface area contributed by atoms with Crippen LogP contribution in [-0.4, -0.2) is 0 Å². The van der Waals surface area contributed by atoms with Gasteiger partial charge >= 0.3 is 17.1 Å². The maximum absolute atomic E-state index is 13.1. The van der Waals surface area contributed by atoms with Crippen molar-refractivity contribution in [2.75, 3.05) is 0 Å². The molecule has 0 unspecified atom stereocenters. The normalized spacial score (nSPS) is 11.6. The van der Waals surface area contributed by atoms with E-state index in [1.165, 1.54) is 303 Å². The first-order valence-corrected chi connectivity index (χ1v) is 45.6. The van der Waals surface area contributed by atoms with Crippen molar-refractivity contribution in [3.63, 3.8) is 0 Å². The van der Waals surface area contributed by atoms with Crippen LogP contribution in [0, 0.1) is 0 Å². The van der Waals surface area contributed by atoms with Gasteiger partial charge in [-0.3, -0.25) is 0 Å².